The van der Waals surface area contributed by atoms with Gasteiger partial charge in [0.05, 0.1) is 31.1 Å². The Morgan fingerprint density at radius 3 is 3.00 bits per heavy atom. The second-order valence-corrected chi connectivity index (χ2v) is 5.24. The topological polar surface area (TPSA) is 48.3 Å². The SMILES string of the molecule is CCNC(CCC1CCCO1)c1c(OC)cnn1CC. The van der Waals surface area contributed by atoms with Gasteiger partial charge in [0.15, 0.2) is 5.75 Å². The molecule has 2 rings (SSSR count). The summed E-state index contributed by atoms with van der Waals surface area (Å²) in [5.41, 5.74) is 1.16. The van der Waals surface area contributed by atoms with Gasteiger partial charge >= 0.3 is 0 Å². The fourth-order valence-electron chi connectivity index (χ4n) is 2.94. The third-order valence-electron chi connectivity index (χ3n) is 3.95. The number of ether oxygens (including phenoxy) is 2. The van der Waals surface area contributed by atoms with Gasteiger partial charge in [0.25, 0.3) is 0 Å². The minimum Gasteiger partial charge on any atom is -0.493 e. The number of nitrogens with zero attached hydrogens (tertiary/aromatic N) is 2. The summed E-state index contributed by atoms with van der Waals surface area (Å²) in [6.45, 7) is 6.97. The van der Waals surface area contributed by atoms with E-state index in [1.165, 1.54) is 12.8 Å². The predicted octanol–water partition coefficient (Wildman–Crippen LogP) is 2.52. The lowest BCUT2D eigenvalue weighted by Crippen LogP contribution is -2.25. The van der Waals surface area contributed by atoms with Crippen molar-refractivity contribution in [1.82, 2.24) is 15.1 Å². The Morgan fingerprint density at radius 2 is 2.40 bits per heavy atom. The Balaban J connectivity index is 2.07. The molecular weight excluding hydrogens is 254 g/mol. The van der Waals surface area contributed by atoms with Crippen LogP contribution in [0.25, 0.3) is 0 Å². The molecule has 1 N–H and O–H groups in total. The summed E-state index contributed by atoms with van der Waals surface area (Å²) in [5, 5.41) is 7.97. The van der Waals surface area contributed by atoms with E-state index in [4.69, 9.17) is 9.47 Å². The lowest BCUT2D eigenvalue weighted by atomic mass is 10.0. The Labute approximate surface area is 121 Å². The van der Waals surface area contributed by atoms with Crippen molar-refractivity contribution >= 4 is 0 Å². The molecule has 2 unspecified atom stereocenters. The minimum absolute atomic E-state index is 0.279. The number of methoxy groups -OCH3 is 1. The highest BCUT2D eigenvalue weighted by Gasteiger charge is 2.23. The summed E-state index contributed by atoms with van der Waals surface area (Å²) in [7, 11) is 1.71. The zero-order valence-corrected chi connectivity index (χ0v) is 12.9. The Bertz CT molecular complexity index is 378. The van der Waals surface area contributed by atoms with Gasteiger partial charge in [-0.05, 0) is 39.2 Å². The molecule has 1 aliphatic rings. The first-order valence-electron chi connectivity index (χ1n) is 7.74. The molecule has 2 atom stereocenters. The van der Waals surface area contributed by atoms with E-state index in [9.17, 15) is 0 Å². The predicted molar refractivity (Wildman–Crippen MR) is 79.1 cm³/mol. The lowest BCUT2D eigenvalue weighted by Gasteiger charge is -2.21. The molecule has 1 aliphatic heterocycles. The Hall–Kier alpha value is -1.07. The summed E-state index contributed by atoms with van der Waals surface area (Å²) in [6, 6.07) is 0.279. The summed E-state index contributed by atoms with van der Waals surface area (Å²) < 4.78 is 13.2. The van der Waals surface area contributed by atoms with Crippen LogP contribution in [0.1, 0.15) is 51.3 Å². The van der Waals surface area contributed by atoms with Crippen molar-refractivity contribution in [2.45, 2.75) is 58.2 Å². The first kappa shape index (κ1) is 15.3. The molecule has 0 bridgehead atoms. The van der Waals surface area contributed by atoms with Crippen molar-refractivity contribution in [3.05, 3.63) is 11.9 Å². The average molecular weight is 281 g/mol. The molecule has 0 radical (unpaired) electrons. The lowest BCUT2D eigenvalue weighted by molar-refractivity contribution is 0.0992. The quantitative estimate of drug-likeness (QED) is 0.795. The third kappa shape index (κ3) is 3.52. The van der Waals surface area contributed by atoms with Crippen molar-refractivity contribution < 1.29 is 9.47 Å². The van der Waals surface area contributed by atoms with Gasteiger partial charge in [0.1, 0.15) is 0 Å². The van der Waals surface area contributed by atoms with Crippen LogP contribution in [0.3, 0.4) is 0 Å². The van der Waals surface area contributed by atoms with E-state index in [2.05, 4.69) is 24.3 Å². The van der Waals surface area contributed by atoms with Crippen LogP contribution in [0.4, 0.5) is 0 Å². The minimum atomic E-state index is 0.279. The number of hydrogen-bond donors (Lipinski definition) is 1. The van der Waals surface area contributed by atoms with E-state index < -0.39 is 0 Å². The van der Waals surface area contributed by atoms with Crippen LogP contribution in [-0.2, 0) is 11.3 Å². The van der Waals surface area contributed by atoms with Crippen molar-refractivity contribution in [3.8, 4) is 5.75 Å². The summed E-state index contributed by atoms with van der Waals surface area (Å²) in [5.74, 6) is 0.880. The van der Waals surface area contributed by atoms with Crippen LogP contribution in [0.5, 0.6) is 5.75 Å². The first-order chi connectivity index (χ1) is 9.80. The fourth-order valence-corrected chi connectivity index (χ4v) is 2.94. The molecule has 2 heterocycles. The largest absolute Gasteiger partial charge is 0.493 e. The molecule has 0 amide bonds. The molecule has 1 aromatic rings. The van der Waals surface area contributed by atoms with E-state index >= 15 is 0 Å². The van der Waals surface area contributed by atoms with Gasteiger partial charge in [0.2, 0.25) is 0 Å². The number of hydrogen-bond acceptors (Lipinski definition) is 4. The van der Waals surface area contributed by atoms with E-state index in [1.807, 2.05) is 10.9 Å². The van der Waals surface area contributed by atoms with Gasteiger partial charge < -0.3 is 14.8 Å². The smallest absolute Gasteiger partial charge is 0.161 e. The van der Waals surface area contributed by atoms with E-state index in [1.54, 1.807) is 7.11 Å². The Morgan fingerprint density at radius 1 is 1.55 bits per heavy atom. The molecule has 0 aromatic carbocycles. The highest BCUT2D eigenvalue weighted by molar-refractivity contribution is 5.28. The summed E-state index contributed by atoms with van der Waals surface area (Å²) in [4.78, 5) is 0. The van der Waals surface area contributed by atoms with Crippen LogP contribution >= 0.6 is 0 Å². The molecular formula is C15H27N3O2. The zero-order chi connectivity index (χ0) is 14.4. The van der Waals surface area contributed by atoms with Crippen LogP contribution in [0, 0.1) is 0 Å². The maximum Gasteiger partial charge on any atom is 0.161 e. The summed E-state index contributed by atoms with van der Waals surface area (Å²) >= 11 is 0. The van der Waals surface area contributed by atoms with Gasteiger partial charge in [-0.1, -0.05) is 6.92 Å². The fraction of sp³-hybridized carbons (Fsp3) is 0.800. The van der Waals surface area contributed by atoms with Crippen LogP contribution in [-0.4, -0.2) is 36.1 Å². The van der Waals surface area contributed by atoms with Crippen molar-refractivity contribution in [1.29, 1.82) is 0 Å². The Kier molecular flexibility index (Phi) is 5.86. The maximum absolute atomic E-state index is 5.73. The van der Waals surface area contributed by atoms with Crippen molar-refractivity contribution in [3.63, 3.8) is 0 Å². The molecule has 0 spiro atoms. The highest BCUT2D eigenvalue weighted by atomic mass is 16.5. The van der Waals surface area contributed by atoms with E-state index in [0.29, 0.717) is 6.10 Å². The molecule has 5 heteroatoms. The second kappa shape index (κ2) is 7.64. The zero-order valence-electron chi connectivity index (χ0n) is 12.9. The standard InChI is InChI=1S/C15H27N3O2/c1-4-16-13(9-8-12-7-6-10-20-12)15-14(19-3)11-17-18(15)5-2/h11-13,16H,4-10H2,1-3H3. The van der Waals surface area contributed by atoms with Crippen LogP contribution in [0.2, 0.25) is 0 Å². The number of nitrogens with one attached hydrogen (secondary N) is 1. The molecule has 20 heavy (non-hydrogen) atoms. The average Bonchev–Trinajstić information content (AvgIpc) is 3.12. The maximum atomic E-state index is 5.73. The highest BCUT2D eigenvalue weighted by Crippen LogP contribution is 2.30. The third-order valence-corrected chi connectivity index (χ3v) is 3.95. The van der Waals surface area contributed by atoms with Crippen LogP contribution in [0.15, 0.2) is 6.20 Å². The summed E-state index contributed by atoms with van der Waals surface area (Å²) in [6.07, 6.45) is 6.79. The molecule has 1 saturated heterocycles. The van der Waals surface area contributed by atoms with Gasteiger partial charge in [-0.2, -0.15) is 5.10 Å². The normalized spacial score (nSPS) is 20.2. The van der Waals surface area contributed by atoms with Gasteiger partial charge in [-0.3, -0.25) is 4.68 Å². The molecule has 114 valence electrons. The van der Waals surface area contributed by atoms with E-state index in [-0.39, 0.29) is 6.04 Å². The molecule has 5 nitrogen and oxygen atoms in total. The van der Waals surface area contributed by atoms with Gasteiger partial charge in [-0.25, -0.2) is 0 Å². The van der Waals surface area contributed by atoms with E-state index in [0.717, 1.165) is 44.0 Å². The second-order valence-electron chi connectivity index (χ2n) is 5.24. The number of aryl methyl sites for hydroxylation is 1. The number of aromatic nitrogens is 2. The number of rotatable bonds is 8. The molecule has 1 fully saturated rings. The molecule has 1 aromatic heterocycles. The first-order valence-corrected chi connectivity index (χ1v) is 7.74. The van der Waals surface area contributed by atoms with Gasteiger partial charge in [0, 0.05) is 13.2 Å². The molecule has 0 aliphatic carbocycles. The van der Waals surface area contributed by atoms with Crippen molar-refractivity contribution in [2.75, 3.05) is 20.3 Å². The molecule has 0 saturated carbocycles. The van der Waals surface area contributed by atoms with Crippen LogP contribution < -0.4 is 10.1 Å². The van der Waals surface area contributed by atoms with Crippen molar-refractivity contribution in [2.24, 2.45) is 0 Å². The van der Waals surface area contributed by atoms with Gasteiger partial charge in [-0.15, -0.1) is 0 Å². The monoisotopic (exact) mass is 281 g/mol.